The molecule has 1 fully saturated rings. The minimum absolute atomic E-state index is 0.238. The van der Waals surface area contributed by atoms with Gasteiger partial charge in [-0.3, -0.25) is 9.88 Å². The number of rotatable bonds is 6. The number of fused-ring (bicyclic) bond motifs is 3. The van der Waals surface area contributed by atoms with E-state index in [1.807, 2.05) is 30.6 Å². The third kappa shape index (κ3) is 5.12. The fourth-order valence-corrected chi connectivity index (χ4v) is 7.43. The molecule has 1 aliphatic carbocycles. The van der Waals surface area contributed by atoms with Crippen molar-refractivity contribution in [3.8, 4) is 28.7 Å². The van der Waals surface area contributed by atoms with Crippen LogP contribution in [-0.2, 0) is 13.0 Å². The van der Waals surface area contributed by atoms with E-state index >= 15 is 0 Å². The van der Waals surface area contributed by atoms with E-state index in [1.165, 1.54) is 5.56 Å². The second-order valence-corrected chi connectivity index (χ2v) is 13.1. The molecular weight excluding hydrogens is 584 g/mol. The number of aromatic nitrogens is 3. The van der Waals surface area contributed by atoms with Gasteiger partial charge in [0.1, 0.15) is 22.7 Å². The number of anilines is 2. The van der Waals surface area contributed by atoms with Crippen molar-refractivity contribution in [3.63, 3.8) is 0 Å². The highest BCUT2D eigenvalue weighted by Crippen LogP contribution is 2.41. The molecule has 47 heavy (non-hydrogen) atoms. The zero-order valence-corrected chi connectivity index (χ0v) is 26.8. The van der Waals surface area contributed by atoms with E-state index in [0.717, 1.165) is 93.4 Å². The number of oxazole rings is 1. The third-order valence-corrected chi connectivity index (χ3v) is 10.0. The number of aliphatic hydroxyl groups excluding tert-OH is 1. The molecule has 234 valence electrons. The largest absolute Gasteiger partial charge is 0.435 e. The van der Waals surface area contributed by atoms with Crippen molar-refractivity contribution in [2.45, 2.75) is 58.6 Å². The number of nitrogens with zero attached hydrogens (tertiary/aromatic N) is 5. The highest BCUT2D eigenvalue weighted by molar-refractivity contribution is 5.91. The van der Waals surface area contributed by atoms with Gasteiger partial charge in [-0.15, -0.1) is 0 Å². The predicted molar refractivity (Wildman–Crippen MR) is 185 cm³/mol. The van der Waals surface area contributed by atoms with Crippen molar-refractivity contribution in [3.05, 3.63) is 100 Å². The Morgan fingerprint density at radius 1 is 1.02 bits per heavy atom. The Kier molecular flexibility index (Phi) is 7.24. The van der Waals surface area contributed by atoms with Crippen LogP contribution in [0.5, 0.6) is 0 Å². The molecular formula is C39H36N6O2. The normalized spacial score (nSPS) is 17.8. The molecule has 0 amide bonds. The fourth-order valence-electron chi connectivity index (χ4n) is 7.43. The lowest BCUT2D eigenvalue weighted by Gasteiger charge is -2.17. The van der Waals surface area contributed by atoms with Crippen LogP contribution < -0.4 is 5.32 Å². The summed E-state index contributed by atoms with van der Waals surface area (Å²) in [7, 11) is 0. The SMILES string of the molecule is Cc1c(Nc2nccc3cc(CN4CC[C@@H](O)C4)cnc23)cccc1-c1cccc(-c2nc3cc4c(c(C#N)c3o2)CCC4C)c1C. The van der Waals surface area contributed by atoms with Crippen molar-refractivity contribution >= 4 is 33.5 Å². The maximum absolute atomic E-state index is 10.0. The molecule has 0 saturated carbocycles. The van der Waals surface area contributed by atoms with Gasteiger partial charge in [0.25, 0.3) is 0 Å². The first kappa shape index (κ1) is 29.3. The molecule has 1 unspecified atom stereocenters. The van der Waals surface area contributed by atoms with Gasteiger partial charge in [0.05, 0.1) is 6.10 Å². The van der Waals surface area contributed by atoms with Crippen LogP contribution in [0.2, 0.25) is 0 Å². The number of hydrogen-bond donors (Lipinski definition) is 2. The first-order chi connectivity index (χ1) is 22.9. The Balaban J connectivity index is 1.12. The van der Waals surface area contributed by atoms with Crippen LogP contribution in [0.3, 0.4) is 0 Å². The summed E-state index contributed by atoms with van der Waals surface area (Å²) in [5.41, 5.74) is 12.4. The van der Waals surface area contributed by atoms with Crippen LogP contribution in [0.4, 0.5) is 11.5 Å². The maximum atomic E-state index is 10.0. The molecule has 2 aliphatic rings. The van der Waals surface area contributed by atoms with Gasteiger partial charge in [0.15, 0.2) is 11.4 Å². The Labute approximate surface area is 273 Å². The van der Waals surface area contributed by atoms with Gasteiger partial charge in [-0.05, 0) is 108 Å². The Morgan fingerprint density at radius 3 is 2.64 bits per heavy atom. The number of pyridine rings is 2. The van der Waals surface area contributed by atoms with Gasteiger partial charge in [-0.2, -0.15) is 5.26 Å². The summed E-state index contributed by atoms with van der Waals surface area (Å²) in [6.45, 7) is 8.81. The molecule has 3 aromatic carbocycles. The number of nitriles is 1. The molecule has 4 heterocycles. The van der Waals surface area contributed by atoms with E-state index in [1.54, 1.807) is 0 Å². The standard InChI is InChI=1S/C39H36N6O2/c1-22-10-11-31-32(22)17-35-37(33(31)18-40)47-39(44-35)30-8-4-6-28(23(30)2)29-7-5-9-34(24(29)3)43-38-36-26(12-14-41-38)16-25(19-42-36)20-45-15-13-27(46)21-45/h4-9,12,14,16-17,19,22,27,46H,10-11,13,15,20-21H2,1-3H3,(H,41,43)/t22?,27-/m1/s1. The Hall–Kier alpha value is -5.10. The molecule has 1 saturated heterocycles. The third-order valence-electron chi connectivity index (χ3n) is 10.0. The minimum Gasteiger partial charge on any atom is -0.435 e. The van der Waals surface area contributed by atoms with E-state index in [9.17, 15) is 10.4 Å². The monoisotopic (exact) mass is 620 g/mol. The molecule has 0 bridgehead atoms. The zero-order chi connectivity index (χ0) is 32.2. The number of aliphatic hydroxyl groups is 1. The summed E-state index contributed by atoms with van der Waals surface area (Å²) < 4.78 is 6.36. The lowest BCUT2D eigenvalue weighted by atomic mass is 9.93. The quantitative estimate of drug-likeness (QED) is 0.193. The van der Waals surface area contributed by atoms with Crippen LogP contribution in [0.15, 0.2) is 71.4 Å². The molecule has 3 aromatic heterocycles. The van der Waals surface area contributed by atoms with Gasteiger partial charge in [0, 0.05) is 48.7 Å². The van der Waals surface area contributed by atoms with Crippen molar-refractivity contribution in [2.75, 3.05) is 18.4 Å². The van der Waals surface area contributed by atoms with Gasteiger partial charge >= 0.3 is 0 Å². The average molecular weight is 621 g/mol. The Bertz CT molecular complexity index is 2230. The first-order valence-corrected chi connectivity index (χ1v) is 16.4. The molecule has 8 heteroatoms. The van der Waals surface area contributed by atoms with Crippen LogP contribution >= 0.6 is 0 Å². The van der Waals surface area contributed by atoms with E-state index in [-0.39, 0.29) is 6.10 Å². The van der Waals surface area contributed by atoms with Gasteiger partial charge in [-0.25, -0.2) is 9.97 Å². The van der Waals surface area contributed by atoms with Crippen LogP contribution in [0.1, 0.15) is 59.1 Å². The molecule has 1 aliphatic heterocycles. The predicted octanol–water partition coefficient (Wildman–Crippen LogP) is 7.95. The topological polar surface area (TPSA) is 111 Å². The number of likely N-dealkylation sites (tertiary alicyclic amines) is 1. The lowest BCUT2D eigenvalue weighted by Crippen LogP contribution is -2.21. The van der Waals surface area contributed by atoms with Crippen molar-refractivity contribution in [1.29, 1.82) is 5.26 Å². The maximum Gasteiger partial charge on any atom is 0.227 e. The molecule has 0 spiro atoms. The summed E-state index contributed by atoms with van der Waals surface area (Å²) in [5.74, 6) is 1.66. The fraction of sp³-hybridized carbons (Fsp3) is 0.282. The molecule has 8 nitrogen and oxygen atoms in total. The van der Waals surface area contributed by atoms with E-state index in [2.05, 4.69) is 78.4 Å². The summed E-state index contributed by atoms with van der Waals surface area (Å²) in [6.07, 6.45) is 6.27. The number of hydrogen-bond acceptors (Lipinski definition) is 8. The number of benzene rings is 3. The average Bonchev–Trinajstić information content (AvgIpc) is 3.79. The second kappa shape index (κ2) is 11.6. The van der Waals surface area contributed by atoms with Crippen molar-refractivity contribution < 1.29 is 9.52 Å². The number of nitrogens with one attached hydrogen (secondary N) is 1. The highest BCUT2D eigenvalue weighted by atomic mass is 16.3. The van der Waals surface area contributed by atoms with Gasteiger partial charge < -0.3 is 14.8 Å². The second-order valence-electron chi connectivity index (χ2n) is 13.1. The lowest BCUT2D eigenvalue weighted by molar-refractivity contribution is 0.175. The van der Waals surface area contributed by atoms with Crippen molar-refractivity contribution in [1.82, 2.24) is 19.9 Å². The van der Waals surface area contributed by atoms with E-state index < -0.39 is 0 Å². The van der Waals surface area contributed by atoms with Crippen LogP contribution in [0.25, 0.3) is 44.6 Å². The first-order valence-electron chi connectivity index (χ1n) is 16.4. The van der Waals surface area contributed by atoms with E-state index in [4.69, 9.17) is 14.4 Å². The van der Waals surface area contributed by atoms with E-state index in [0.29, 0.717) is 35.3 Å². The van der Waals surface area contributed by atoms with Gasteiger partial charge in [0.2, 0.25) is 5.89 Å². The molecule has 8 rings (SSSR count). The summed E-state index contributed by atoms with van der Waals surface area (Å²) in [6, 6.07) is 21.1. The summed E-state index contributed by atoms with van der Waals surface area (Å²) in [5, 5.41) is 24.5. The van der Waals surface area contributed by atoms with Crippen LogP contribution in [0, 0.1) is 25.2 Å². The molecule has 6 aromatic rings. The molecule has 2 N–H and O–H groups in total. The van der Waals surface area contributed by atoms with Crippen molar-refractivity contribution in [2.24, 2.45) is 0 Å². The number of β-amino-alcohol motifs (C(OH)–C–C–N with tert-alkyl or cyclic N) is 1. The zero-order valence-electron chi connectivity index (χ0n) is 26.8. The van der Waals surface area contributed by atoms with Crippen LogP contribution in [-0.4, -0.2) is 44.2 Å². The smallest absolute Gasteiger partial charge is 0.227 e. The van der Waals surface area contributed by atoms with Gasteiger partial charge in [-0.1, -0.05) is 31.2 Å². The summed E-state index contributed by atoms with van der Waals surface area (Å²) >= 11 is 0. The minimum atomic E-state index is -0.238. The Morgan fingerprint density at radius 2 is 1.83 bits per heavy atom. The molecule has 0 radical (unpaired) electrons. The summed E-state index contributed by atoms with van der Waals surface area (Å²) in [4.78, 5) is 16.6. The molecule has 2 atom stereocenters. The highest BCUT2D eigenvalue weighted by Gasteiger charge is 2.27.